The molecule has 0 atom stereocenters. The number of ether oxygens (including phenoxy) is 1. The van der Waals surface area contributed by atoms with Crippen LogP contribution in [0.2, 0.25) is 0 Å². The quantitative estimate of drug-likeness (QED) is 0.0658. The van der Waals surface area contributed by atoms with E-state index in [4.69, 9.17) is 4.74 Å². The molecule has 1 aromatic heterocycles. The molecule has 1 heterocycles. The summed E-state index contributed by atoms with van der Waals surface area (Å²) >= 11 is 2.83. The van der Waals surface area contributed by atoms with Crippen molar-refractivity contribution in [1.82, 2.24) is 5.32 Å². The molecule has 43 heavy (non-hydrogen) atoms. The highest BCUT2D eigenvalue weighted by Crippen LogP contribution is 2.22. The number of thioether (sulfide) groups is 1. The fraction of sp³-hybridized carbons (Fsp3) is 0.152. The normalized spacial score (nSPS) is 11.0. The first kappa shape index (κ1) is 31.3. The van der Waals surface area contributed by atoms with Gasteiger partial charge in [-0.2, -0.15) is 11.3 Å². The Morgan fingerprint density at radius 1 is 0.837 bits per heavy atom. The Morgan fingerprint density at radius 2 is 1.53 bits per heavy atom. The maximum absolute atomic E-state index is 13.1. The summed E-state index contributed by atoms with van der Waals surface area (Å²) in [6, 6.07) is 24.2. The van der Waals surface area contributed by atoms with Crippen LogP contribution in [0.5, 0.6) is 0 Å². The number of hydrogen-bond donors (Lipinski definition) is 3. The molecular formula is C33H31N3O5S2. The van der Waals surface area contributed by atoms with E-state index in [2.05, 4.69) is 16.0 Å². The summed E-state index contributed by atoms with van der Waals surface area (Å²) in [5.41, 5.74) is 2.91. The minimum atomic E-state index is -0.462. The Hall–Kier alpha value is -4.67. The van der Waals surface area contributed by atoms with Crippen molar-refractivity contribution < 1.29 is 23.9 Å². The van der Waals surface area contributed by atoms with E-state index in [1.807, 2.05) is 29.8 Å². The molecule has 0 aliphatic rings. The number of anilines is 2. The Bertz CT molecular complexity index is 1550. The summed E-state index contributed by atoms with van der Waals surface area (Å²) in [4.78, 5) is 51.2. The molecular weight excluding hydrogens is 583 g/mol. The van der Waals surface area contributed by atoms with Gasteiger partial charge in [-0.1, -0.05) is 31.5 Å². The molecule has 220 valence electrons. The second-order valence-corrected chi connectivity index (χ2v) is 11.1. The van der Waals surface area contributed by atoms with Gasteiger partial charge in [-0.25, -0.2) is 4.79 Å². The van der Waals surface area contributed by atoms with Crippen LogP contribution in [0.25, 0.3) is 6.08 Å². The molecule has 0 radical (unpaired) electrons. The maximum Gasteiger partial charge on any atom is 0.338 e. The minimum absolute atomic E-state index is 0.115. The van der Waals surface area contributed by atoms with Crippen LogP contribution in [0, 0.1) is 0 Å². The Balaban J connectivity index is 1.29. The van der Waals surface area contributed by atoms with E-state index >= 15 is 0 Å². The van der Waals surface area contributed by atoms with Crippen molar-refractivity contribution in [3.63, 3.8) is 0 Å². The predicted molar refractivity (Wildman–Crippen MR) is 172 cm³/mol. The Kier molecular flexibility index (Phi) is 11.7. The van der Waals surface area contributed by atoms with Gasteiger partial charge in [0.05, 0.1) is 17.9 Å². The molecule has 0 unspecified atom stereocenters. The first-order chi connectivity index (χ1) is 20.9. The van der Waals surface area contributed by atoms with Gasteiger partial charge in [0, 0.05) is 21.8 Å². The Morgan fingerprint density at radius 3 is 2.21 bits per heavy atom. The van der Waals surface area contributed by atoms with Crippen molar-refractivity contribution in [3.05, 3.63) is 118 Å². The van der Waals surface area contributed by atoms with Crippen LogP contribution in [-0.4, -0.2) is 36.1 Å². The first-order valence-electron chi connectivity index (χ1n) is 13.6. The number of unbranched alkanes of at least 4 members (excludes halogenated alkanes) is 1. The third-order valence-corrected chi connectivity index (χ3v) is 7.71. The average Bonchev–Trinajstić information content (AvgIpc) is 3.54. The predicted octanol–water partition coefficient (Wildman–Crippen LogP) is 6.85. The van der Waals surface area contributed by atoms with E-state index in [-0.39, 0.29) is 29.2 Å². The average molecular weight is 614 g/mol. The van der Waals surface area contributed by atoms with E-state index in [1.165, 1.54) is 23.1 Å². The van der Waals surface area contributed by atoms with Crippen molar-refractivity contribution in [3.8, 4) is 0 Å². The van der Waals surface area contributed by atoms with Crippen LogP contribution >= 0.6 is 23.1 Å². The third kappa shape index (κ3) is 9.98. The molecule has 0 bridgehead atoms. The molecule has 3 N–H and O–H groups in total. The van der Waals surface area contributed by atoms with Gasteiger partial charge < -0.3 is 20.7 Å². The van der Waals surface area contributed by atoms with E-state index in [0.717, 1.165) is 23.3 Å². The lowest BCUT2D eigenvalue weighted by molar-refractivity contribution is -0.114. The zero-order chi connectivity index (χ0) is 30.4. The highest BCUT2D eigenvalue weighted by Gasteiger charge is 2.15. The van der Waals surface area contributed by atoms with Gasteiger partial charge in [0.15, 0.2) is 0 Å². The monoisotopic (exact) mass is 613 g/mol. The molecule has 0 aliphatic carbocycles. The number of esters is 1. The van der Waals surface area contributed by atoms with Crippen molar-refractivity contribution >= 4 is 64.2 Å². The van der Waals surface area contributed by atoms with Gasteiger partial charge in [-0.05, 0) is 95.6 Å². The molecule has 8 nitrogen and oxygen atoms in total. The van der Waals surface area contributed by atoms with E-state index < -0.39 is 5.91 Å². The zero-order valence-corrected chi connectivity index (χ0v) is 25.1. The SMILES string of the molecule is CCCCOC(=O)c1ccc(NC(=O)CSc2ccc(NC(=O)/C(=C/c3ccsc3)NC(=O)c3ccccc3)cc2)cc1. The standard InChI is InChI=1S/C33H31N3O5S2/c1-2-3-18-41-33(40)25-9-11-26(12-10-25)34-30(37)22-43-28-15-13-27(14-16-28)35-32(39)29(20-23-17-19-42-21-23)36-31(38)24-7-5-4-6-8-24/h4-17,19-21H,2-3,18,22H2,1H3,(H,34,37)(H,35,39)(H,36,38)/b29-20-. The number of thiophene rings is 1. The van der Waals surface area contributed by atoms with Crippen molar-refractivity contribution in [2.75, 3.05) is 23.0 Å². The number of benzene rings is 3. The molecule has 0 fully saturated rings. The fourth-order valence-electron chi connectivity index (χ4n) is 3.73. The van der Waals surface area contributed by atoms with Crippen LogP contribution < -0.4 is 16.0 Å². The lowest BCUT2D eigenvalue weighted by atomic mass is 10.2. The van der Waals surface area contributed by atoms with Crippen LogP contribution in [0.3, 0.4) is 0 Å². The topological polar surface area (TPSA) is 114 Å². The number of carbonyl (C=O) groups excluding carboxylic acids is 4. The molecule has 0 aliphatic heterocycles. The van der Waals surface area contributed by atoms with E-state index in [9.17, 15) is 19.2 Å². The molecule has 0 saturated carbocycles. The lowest BCUT2D eigenvalue weighted by Crippen LogP contribution is -2.30. The van der Waals surface area contributed by atoms with Gasteiger partial charge in [0.2, 0.25) is 5.91 Å². The fourth-order valence-corrected chi connectivity index (χ4v) is 5.04. The van der Waals surface area contributed by atoms with Gasteiger partial charge >= 0.3 is 5.97 Å². The molecule has 3 amide bonds. The molecule has 0 spiro atoms. The van der Waals surface area contributed by atoms with Gasteiger partial charge in [-0.15, -0.1) is 11.8 Å². The number of amides is 3. The summed E-state index contributed by atoms with van der Waals surface area (Å²) in [5.74, 6) is -1.25. The number of nitrogens with one attached hydrogen (secondary N) is 3. The van der Waals surface area contributed by atoms with Gasteiger partial charge in [0.25, 0.3) is 11.8 Å². The molecule has 4 rings (SSSR count). The van der Waals surface area contributed by atoms with E-state index in [0.29, 0.717) is 29.1 Å². The van der Waals surface area contributed by atoms with Crippen LogP contribution in [0.15, 0.2) is 106 Å². The summed E-state index contributed by atoms with van der Waals surface area (Å²) in [5, 5.41) is 12.1. The summed E-state index contributed by atoms with van der Waals surface area (Å²) < 4.78 is 5.20. The lowest BCUT2D eigenvalue weighted by Gasteiger charge is -2.11. The Labute approximate surface area is 258 Å². The van der Waals surface area contributed by atoms with Gasteiger partial charge in [-0.3, -0.25) is 14.4 Å². The molecule has 4 aromatic rings. The van der Waals surface area contributed by atoms with Crippen molar-refractivity contribution in [2.24, 2.45) is 0 Å². The smallest absolute Gasteiger partial charge is 0.338 e. The minimum Gasteiger partial charge on any atom is -0.462 e. The second kappa shape index (κ2) is 16.1. The van der Waals surface area contributed by atoms with Crippen LogP contribution in [-0.2, 0) is 14.3 Å². The molecule has 3 aromatic carbocycles. The van der Waals surface area contributed by atoms with Crippen LogP contribution in [0.1, 0.15) is 46.0 Å². The number of hydrogen-bond acceptors (Lipinski definition) is 7. The molecule has 0 saturated heterocycles. The summed E-state index contributed by atoms with van der Waals surface area (Å²) in [6.45, 7) is 2.41. The third-order valence-electron chi connectivity index (χ3n) is 6.00. The first-order valence-corrected chi connectivity index (χ1v) is 15.6. The van der Waals surface area contributed by atoms with Crippen molar-refractivity contribution in [2.45, 2.75) is 24.7 Å². The second-order valence-electron chi connectivity index (χ2n) is 9.32. The maximum atomic E-state index is 13.1. The number of rotatable bonds is 13. The van der Waals surface area contributed by atoms with Crippen LogP contribution in [0.4, 0.5) is 11.4 Å². The largest absolute Gasteiger partial charge is 0.462 e. The summed E-state index contributed by atoms with van der Waals surface area (Å²) in [6.07, 6.45) is 3.39. The van der Waals surface area contributed by atoms with Crippen molar-refractivity contribution in [1.29, 1.82) is 0 Å². The zero-order valence-electron chi connectivity index (χ0n) is 23.5. The molecule has 10 heteroatoms. The highest BCUT2D eigenvalue weighted by atomic mass is 32.2. The number of carbonyl (C=O) groups is 4. The van der Waals surface area contributed by atoms with E-state index in [1.54, 1.807) is 78.9 Å². The van der Waals surface area contributed by atoms with Gasteiger partial charge in [0.1, 0.15) is 5.70 Å². The highest BCUT2D eigenvalue weighted by molar-refractivity contribution is 8.00. The summed E-state index contributed by atoms with van der Waals surface area (Å²) in [7, 11) is 0.